The van der Waals surface area contributed by atoms with Crippen LogP contribution in [0, 0.1) is 45.3 Å². The summed E-state index contributed by atoms with van der Waals surface area (Å²) < 4.78 is 121. The highest BCUT2D eigenvalue weighted by atomic mass is 32.3. The van der Waals surface area contributed by atoms with E-state index in [2.05, 4.69) is 19.9 Å². The van der Waals surface area contributed by atoms with Gasteiger partial charge in [0.2, 0.25) is 10.4 Å². The summed E-state index contributed by atoms with van der Waals surface area (Å²) in [5, 5.41) is 122. The van der Waals surface area contributed by atoms with Crippen molar-refractivity contribution in [1.82, 2.24) is 0 Å². The molecule has 0 aromatic heterocycles. The lowest BCUT2D eigenvalue weighted by Crippen LogP contribution is -2.67. The standard InChI is InChI=1S/C60H96O30S/c1-24(2)17-27(63)18-59(9)49-33(82-26(4)62)19-58(8)29-11-12-35-56(5,6)36(14-15-57(35,7)28(29)13-16-60(49,58)55(73)89-59)84-53-48(45(32(66)23-80-53)90-91(74,75)76)88-54-47(87-50-39(69)37(67)30(64)21-78-50)40(70)43(25(3)81-54)85-51-41(71)44(31(65)22-79-51)86-52-42(72)46(77-10)38(68)34(20-61)83-52/h11,24-25,27-28,30-54,61,63-72H,12-23H2,1-10H3,(H,74,75,76)/p-1/t25-,27+,28-,30-,31-,32-,33+,34-,35+,36+,37+,38-,39-,40+,41-,42-,43-,44+,45+,46+,47-,48-,49-,50+,51+,52+,53+,54+,57-,58+,59+,60-/m1/s1. The summed E-state index contributed by atoms with van der Waals surface area (Å²) in [6, 6.07) is 0. The molecule has 6 saturated heterocycles. The number of ether oxygens (including phenoxy) is 13. The summed E-state index contributed by atoms with van der Waals surface area (Å²) in [7, 11) is -4.48. The molecule has 0 bridgehead atoms. The number of esters is 2. The van der Waals surface area contributed by atoms with Gasteiger partial charge in [-0.15, -0.1) is 0 Å². The van der Waals surface area contributed by atoms with E-state index in [0.29, 0.717) is 44.9 Å². The van der Waals surface area contributed by atoms with Crippen LogP contribution in [0.3, 0.4) is 0 Å². The molecule has 0 aromatic carbocycles. The smallest absolute Gasteiger partial charge is 0.314 e. The van der Waals surface area contributed by atoms with E-state index < -0.39 is 230 Å². The number of cyclic esters (lactones) is 1. The predicted molar refractivity (Wildman–Crippen MR) is 302 cm³/mol. The van der Waals surface area contributed by atoms with Gasteiger partial charge >= 0.3 is 11.9 Å². The first-order chi connectivity index (χ1) is 42.5. The molecule has 6 heterocycles. The van der Waals surface area contributed by atoms with E-state index in [1.54, 1.807) is 0 Å². The van der Waals surface area contributed by atoms with Gasteiger partial charge < -0.3 is 122 Å². The molecule has 30 nitrogen and oxygen atoms in total. The highest BCUT2D eigenvalue weighted by molar-refractivity contribution is 7.80. The van der Waals surface area contributed by atoms with Crippen LogP contribution in [0.15, 0.2) is 11.6 Å². The lowest BCUT2D eigenvalue weighted by Gasteiger charge is -2.64. The van der Waals surface area contributed by atoms with Crippen LogP contribution < -0.4 is 0 Å². The first kappa shape index (κ1) is 71.4. The van der Waals surface area contributed by atoms with E-state index in [1.807, 2.05) is 34.6 Å². The van der Waals surface area contributed by atoms with Crippen molar-refractivity contribution in [2.45, 2.75) is 273 Å². The number of hydrogen-bond acceptors (Lipinski definition) is 30. The number of fused-ring (bicyclic) bond motifs is 4. The second-order valence-corrected chi connectivity index (χ2v) is 29.6. The fraction of sp³-hybridized carbons (Fsp3) is 0.933. The summed E-state index contributed by atoms with van der Waals surface area (Å²) in [5.41, 5.74) is -3.10. The van der Waals surface area contributed by atoms with E-state index >= 15 is 0 Å². The number of hydrogen-bond donors (Lipinski definition) is 11. The van der Waals surface area contributed by atoms with Gasteiger partial charge in [0.1, 0.15) is 109 Å². The molecule has 3 saturated carbocycles. The maximum atomic E-state index is 14.8. The summed E-state index contributed by atoms with van der Waals surface area (Å²) >= 11 is 0. The Labute approximate surface area is 528 Å². The number of methoxy groups -OCH3 is 1. The van der Waals surface area contributed by atoms with Gasteiger partial charge in [0.25, 0.3) is 0 Å². The average molecular weight is 1330 g/mol. The highest BCUT2D eigenvalue weighted by Crippen LogP contribution is 2.77. The van der Waals surface area contributed by atoms with Crippen LogP contribution in [0.5, 0.6) is 0 Å². The Balaban J connectivity index is 0.912. The molecule has 0 aromatic rings. The molecule has 522 valence electrons. The van der Waals surface area contributed by atoms with Crippen molar-refractivity contribution >= 4 is 22.3 Å². The molecule has 31 heteroatoms. The van der Waals surface area contributed by atoms with Gasteiger partial charge in [-0.2, -0.15) is 0 Å². The van der Waals surface area contributed by atoms with Gasteiger partial charge in [-0.05, 0) is 87.4 Å². The van der Waals surface area contributed by atoms with Gasteiger partial charge in [0, 0.05) is 25.9 Å². The molecule has 0 unspecified atom stereocenters. The first-order valence-corrected chi connectivity index (χ1v) is 33.0. The molecule has 0 amide bonds. The van der Waals surface area contributed by atoms with Crippen LogP contribution in [0.4, 0.5) is 0 Å². The van der Waals surface area contributed by atoms with Gasteiger partial charge in [0.05, 0.1) is 56.1 Å². The molecule has 10 rings (SSSR count). The second kappa shape index (κ2) is 26.8. The minimum atomic E-state index is -5.66. The summed E-state index contributed by atoms with van der Waals surface area (Å²) in [4.78, 5) is 27.7. The number of aliphatic hydroxyl groups excluding tert-OH is 11. The van der Waals surface area contributed by atoms with Crippen molar-refractivity contribution in [3.63, 3.8) is 0 Å². The predicted octanol–water partition coefficient (Wildman–Crippen LogP) is -2.21. The van der Waals surface area contributed by atoms with E-state index in [9.17, 15) is 78.7 Å². The fourth-order valence-corrected chi connectivity index (χ4v) is 18.4. The third kappa shape index (κ3) is 13.0. The van der Waals surface area contributed by atoms with Crippen molar-refractivity contribution < 1.29 is 144 Å². The van der Waals surface area contributed by atoms with Crippen LogP contribution in [0.2, 0.25) is 0 Å². The quantitative estimate of drug-likeness (QED) is 0.0283. The zero-order valence-corrected chi connectivity index (χ0v) is 53.7. The van der Waals surface area contributed by atoms with Crippen molar-refractivity contribution in [3.8, 4) is 0 Å². The largest absolute Gasteiger partial charge is 0.726 e. The van der Waals surface area contributed by atoms with E-state index in [0.717, 1.165) is 5.57 Å². The second-order valence-electron chi connectivity index (χ2n) is 28.6. The maximum Gasteiger partial charge on any atom is 0.314 e. The molecule has 32 atom stereocenters. The molecule has 9 fully saturated rings. The first-order valence-electron chi connectivity index (χ1n) is 31.7. The minimum absolute atomic E-state index is 0.0695. The Morgan fingerprint density at radius 2 is 1.32 bits per heavy atom. The Kier molecular flexibility index (Phi) is 21.1. The van der Waals surface area contributed by atoms with Gasteiger partial charge in [-0.25, -0.2) is 8.42 Å². The van der Waals surface area contributed by atoms with Crippen molar-refractivity contribution in [1.29, 1.82) is 0 Å². The minimum Gasteiger partial charge on any atom is -0.726 e. The highest BCUT2D eigenvalue weighted by Gasteiger charge is 2.80. The lowest BCUT2D eigenvalue weighted by atomic mass is 9.41. The Morgan fingerprint density at radius 1 is 0.714 bits per heavy atom. The van der Waals surface area contributed by atoms with E-state index in [-0.39, 0.29) is 30.1 Å². The third-order valence-electron chi connectivity index (χ3n) is 22.0. The summed E-state index contributed by atoms with van der Waals surface area (Å²) in [5.74, 6) is -1.42. The maximum absolute atomic E-state index is 14.8. The lowest BCUT2D eigenvalue weighted by molar-refractivity contribution is -0.398. The van der Waals surface area contributed by atoms with Crippen molar-refractivity contribution in [2.75, 3.05) is 33.5 Å². The van der Waals surface area contributed by atoms with Crippen LogP contribution in [0.25, 0.3) is 0 Å². The molecule has 91 heavy (non-hydrogen) atoms. The molecule has 0 radical (unpaired) electrons. The average Bonchev–Trinajstić information content (AvgIpc) is 1.52. The number of aliphatic hydroxyl groups is 11. The number of rotatable bonds is 19. The van der Waals surface area contributed by atoms with Crippen LogP contribution in [0.1, 0.15) is 114 Å². The van der Waals surface area contributed by atoms with Gasteiger partial charge in [-0.3, -0.25) is 13.8 Å². The van der Waals surface area contributed by atoms with E-state index in [1.165, 1.54) is 21.0 Å². The monoisotopic (exact) mass is 1330 g/mol. The Bertz CT molecular complexity index is 2710. The van der Waals surface area contributed by atoms with Crippen LogP contribution in [-0.2, 0) is 85.8 Å². The Morgan fingerprint density at radius 3 is 1.96 bits per heavy atom. The molecular weight excluding hydrogens is 1230 g/mol. The normalized spacial score (nSPS) is 50.2. The molecule has 1 spiro atoms. The number of allylic oxidation sites excluding steroid dienone is 2. The van der Waals surface area contributed by atoms with Gasteiger partial charge in [0.15, 0.2) is 31.5 Å². The fourth-order valence-electron chi connectivity index (χ4n) is 17.9. The topological polar surface area (TPSA) is 443 Å². The SMILES string of the molecule is CO[C@@H]1[C@@H](O)[C@H](O[C@@H]2[C@@H](O)[C@H](O[C@H]3[C@H](O)[C@@H](O[C@@H]4OC[C@@H](O)[C@H](O)[C@H]4O)[C@H](O[C@H]4[C@H](O[C@H]5CC[C@]6(C)[C@@H]7CC[C@]89C(=O)O[C@@](C)(C[C@@H](O)CC(C)C)[C@H]8[C@@H](OC(C)=O)C[C@@]9(C)C7=CC[C@H]6C5(C)C)OC[C@@H](O)[C@@H]4OS(=O)(=O)[O-])O[C@@H]3C)OC[C@H]2O)O[C@H](CO)[C@H]1O. The van der Waals surface area contributed by atoms with Crippen molar-refractivity contribution in [3.05, 3.63) is 11.6 Å². The van der Waals surface area contributed by atoms with Crippen LogP contribution in [-0.4, -0.2) is 274 Å². The molecule has 4 aliphatic carbocycles. The molecule has 11 N–H and O–H groups in total. The van der Waals surface area contributed by atoms with Crippen molar-refractivity contribution in [2.24, 2.45) is 45.3 Å². The third-order valence-corrected chi connectivity index (χ3v) is 22.5. The van der Waals surface area contributed by atoms with E-state index in [4.69, 9.17) is 65.8 Å². The Hall–Kier alpha value is -2.33. The summed E-state index contributed by atoms with van der Waals surface area (Å²) in [6.07, 6.45) is -35.1. The zero-order chi connectivity index (χ0) is 66.6. The number of carbonyl (C=O) groups excluding carboxylic acids is 2. The molecular formula is C60H95O30S-. The summed E-state index contributed by atoms with van der Waals surface area (Å²) in [6.45, 7) is 14.4. The molecule has 10 aliphatic rings. The number of carbonyl (C=O) groups is 2. The van der Waals surface area contributed by atoms with Crippen LogP contribution >= 0.6 is 0 Å². The zero-order valence-electron chi connectivity index (χ0n) is 52.9. The van der Waals surface area contributed by atoms with Gasteiger partial charge in [-0.1, -0.05) is 53.2 Å². The molecule has 6 aliphatic heterocycles.